The molecule has 6 nitrogen and oxygen atoms in total. The van der Waals surface area contributed by atoms with Crippen LogP contribution in [-0.2, 0) is 13.1 Å². The van der Waals surface area contributed by atoms with Crippen molar-refractivity contribution in [2.45, 2.75) is 26.9 Å². The van der Waals surface area contributed by atoms with E-state index in [0.717, 1.165) is 22.7 Å². The first-order chi connectivity index (χ1) is 10.7. The van der Waals surface area contributed by atoms with E-state index in [9.17, 15) is 4.79 Å². The molecule has 0 saturated carbocycles. The van der Waals surface area contributed by atoms with Crippen LogP contribution in [0.15, 0.2) is 34.3 Å². The van der Waals surface area contributed by atoms with Crippen molar-refractivity contribution >= 4 is 17.2 Å². The van der Waals surface area contributed by atoms with Crippen molar-refractivity contribution in [3.63, 3.8) is 0 Å². The van der Waals surface area contributed by atoms with E-state index < -0.39 is 0 Å². The second-order valence-electron chi connectivity index (χ2n) is 4.83. The van der Waals surface area contributed by atoms with Gasteiger partial charge in [0.2, 0.25) is 0 Å². The Bertz CT molecular complexity index is 773. The highest BCUT2D eigenvalue weighted by molar-refractivity contribution is 7.13. The smallest absolute Gasteiger partial charge is 0.273 e. The molecule has 3 aromatic rings. The fourth-order valence-corrected chi connectivity index (χ4v) is 2.75. The zero-order chi connectivity index (χ0) is 15.5. The molecule has 0 unspecified atom stereocenters. The average Bonchev–Trinajstić information content (AvgIpc) is 3.24. The number of hydrogen-bond donors (Lipinski definition) is 1. The Morgan fingerprint density at radius 2 is 2.36 bits per heavy atom. The number of aryl methyl sites for hydroxylation is 2. The largest absolute Gasteiger partial charge is 0.355 e. The van der Waals surface area contributed by atoms with E-state index in [0.29, 0.717) is 12.3 Å². The molecule has 1 amide bonds. The van der Waals surface area contributed by atoms with E-state index in [1.165, 1.54) is 0 Å². The number of hydrogen-bond acceptors (Lipinski definition) is 5. The maximum atomic E-state index is 12.1. The van der Waals surface area contributed by atoms with Gasteiger partial charge in [-0.05, 0) is 25.3 Å². The fourth-order valence-electron chi connectivity index (χ4n) is 2.08. The van der Waals surface area contributed by atoms with Crippen LogP contribution in [0, 0.1) is 6.92 Å². The molecule has 22 heavy (non-hydrogen) atoms. The standard InChI is InChI=1S/C15H16N4O2S/c1-3-19-9-11(10(2)17-19)8-16-15(20)12-7-13(21-18-12)14-5-4-6-22-14/h4-7,9H,3,8H2,1-2H3,(H,16,20). The zero-order valence-electron chi connectivity index (χ0n) is 12.4. The highest BCUT2D eigenvalue weighted by atomic mass is 32.1. The molecule has 0 spiro atoms. The summed E-state index contributed by atoms with van der Waals surface area (Å²) in [6, 6.07) is 5.51. The number of amides is 1. The van der Waals surface area contributed by atoms with Gasteiger partial charge in [0.1, 0.15) is 0 Å². The Kier molecular flexibility index (Phi) is 4.06. The van der Waals surface area contributed by atoms with Gasteiger partial charge >= 0.3 is 0 Å². The van der Waals surface area contributed by atoms with Crippen LogP contribution in [-0.4, -0.2) is 20.8 Å². The third-order valence-electron chi connectivity index (χ3n) is 3.32. The van der Waals surface area contributed by atoms with Crippen molar-refractivity contribution in [2.75, 3.05) is 0 Å². The summed E-state index contributed by atoms with van der Waals surface area (Å²) in [7, 11) is 0. The van der Waals surface area contributed by atoms with Crippen LogP contribution in [0.1, 0.15) is 28.7 Å². The first-order valence-electron chi connectivity index (χ1n) is 6.99. The molecule has 0 aromatic carbocycles. The van der Waals surface area contributed by atoms with Gasteiger partial charge in [-0.2, -0.15) is 5.10 Å². The summed E-state index contributed by atoms with van der Waals surface area (Å²) in [5, 5.41) is 13.0. The summed E-state index contributed by atoms with van der Waals surface area (Å²) < 4.78 is 7.06. The van der Waals surface area contributed by atoms with Crippen LogP contribution >= 0.6 is 11.3 Å². The van der Waals surface area contributed by atoms with Gasteiger partial charge in [-0.15, -0.1) is 11.3 Å². The predicted molar refractivity (Wildman–Crippen MR) is 83.6 cm³/mol. The van der Waals surface area contributed by atoms with Crippen LogP contribution in [0.5, 0.6) is 0 Å². The lowest BCUT2D eigenvalue weighted by molar-refractivity contribution is 0.0942. The summed E-state index contributed by atoms with van der Waals surface area (Å²) in [5.41, 5.74) is 2.20. The van der Waals surface area contributed by atoms with Crippen molar-refractivity contribution in [1.29, 1.82) is 0 Å². The molecule has 0 aliphatic heterocycles. The third-order valence-corrected chi connectivity index (χ3v) is 4.20. The van der Waals surface area contributed by atoms with E-state index in [2.05, 4.69) is 15.6 Å². The van der Waals surface area contributed by atoms with Crippen molar-refractivity contribution in [2.24, 2.45) is 0 Å². The molecule has 3 heterocycles. The normalized spacial score (nSPS) is 10.8. The Labute approximate surface area is 131 Å². The molecule has 0 saturated heterocycles. The zero-order valence-corrected chi connectivity index (χ0v) is 13.2. The molecule has 7 heteroatoms. The highest BCUT2D eigenvalue weighted by Crippen LogP contribution is 2.25. The molecule has 0 aliphatic carbocycles. The van der Waals surface area contributed by atoms with Gasteiger partial charge < -0.3 is 9.84 Å². The van der Waals surface area contributed by atoms with E-state index in [-0.39, 0.29) is 11.6 Å². The van der Waals surface area contributed by atoms with Crippen molar-refractivity contribution < 1.29 is 9.32 Å². The first kappa shape index (κ1) is 14.5. The molecule has 114 valence electrons. The van der Waals surface area contributed by atoms with Crippen LogP contribution in [0.2, 0.25) is 0 Å². The minimum Gasteiger partial charge on any atom is -0.355 e. The van der Waals surface area contributed by atoms with Crippen molar-refractivity contribution in [3.8, 4) is 10.6 Å². The number of aromatic nitrogens is 3. The Morgan fingerprint density at radius 3 is 3.05 bits per heavy atom. The van der Waals surface area contributed by atoms with Crippen LogP contribution < -0.4 is 5.32 Å². The van der Waals surface area contributed by atoms with E-state index in [1.54, 1.807) is 17.4 Å². The number of rotatable bonds is 5. The summed E-state index contributed by atoms with van der Waals surface area (Å²) in [6.07, 6.45) is 1.94. The summed E-state index contributed by atoms with van der Waals surface area (Å²) in [6.45, 7) is 5.18. The third kappa shape index (κ3) is 2.94. The van der Waals surface area contributed by atoms with Gasteiger partial charge in [0.25, 0.3) is 5.91 Å². The number of thiophene rings is 1. The Hall–Kier alpha value is -2.41. The summed E-state index contributed by atoms with van der Waals surface area (Å²) >= 11 is 1.54. The molecular formula is C15H16N4O2S. The van der Waals surface area contributed by atoms with Gasteiger partial charge in [-0.1, -0.05) is 11.2 Å². The van der Waals surface area contributed by atoms with E-state index in [4.69, 9.17) is 4.52 Å². The molecule has 0 fully saturated rings. The molecule has 3 rings (SSSR count). The summed E-state index contributed by atoms with van der Waals surface area (Å²) in [5.74, 6) is 0.352. The van der Waals surface area contributed by atoms with Gasteiger partial charge in [-0.25, -0.2) is 0 Å². The Morgan fingerprint density at radius 1 is 1.50 bits per heavy atom. The average molecular weight is 316 g/mol. The second kappa shape index (κ2) is 6.15. The molecular weight excluding hydrogens is 300 g/mol. The van der Waals surface area contributed by atoms with Crippen LogP contribution in [0.25, 0.3) is 10.6 Å². The minimum absolute atomic E-state index is 0.254. The monoisotopic (exact) mass is 316 g/mol. The van der Waals surface area contributed by atoms with Crippen LogP contribution in [0.4, 0.5) is 0 Å². The maximum Gasteiger partial charge on any atom is 0.273 e. The lowest BCUT2D eigenvalue weighted by Gasteiger charge is -2.00. The second-order valence-corrected chi connectivity index (χ2v) is 5.78. The molecule has 0 atom stereocenters. The number of carbonyl (C=O) groups excluding carboxylic acids is 1. The SMILES string of the molecule is CCn1cc(CNC(=O)c2cc(-c3cccs3)on2)c(C)n1. The highest BCUT2D eigenvalue weighted by Gasteiger charge is 2.14. The van der Waals surface area contributed by atoms with Crippen molar-refractivity contribution in [1.82, 2.24) is 20.3 Å². The van der Waals surface area contributed by atoms with Crippen LogP contribution in [0.3, 0.4) is 0 Å². The molecule has 3 aromatic heterocycles. The predicted octanol–water partition coefficient (Wildman–Crippen LogP) is 2.86. The van der Waals surface area contributed by atoms with Crippen molar-refractivity contribution in [3.05, 3.63) is 46.7 Å². The minimum atomic E-state index is -0.254. The fraction of sp³-hybridized carbons (Fsp3) is 0.267. The maximum absolute atomic E-state index is 12.1. The number of nitrogens with zero attached hydrogens (tertiary/aromatic N) is 3. The van der Waals surface area contributed by atoms with Gasteiger partial charge in [0, 0.05) is 30.9 Å². The summed E-state index contributed by atoms with van der Waals surface area (Å²) in [4.78, 5) is 13.1. The number of nitrogens with one attached hydrogen (secondary N) is 1. The van der Waals surface area contributed by atoms with E-state index in [1.807, 2.05) is 42.2 Å². The van der Waals surface area contributed by atoms with Gasteiger partial charge in [0.05, 0.1) is 10.6 Å². The first-order valence-corrected chi connectivity index (χ1v) is 7.87. The Balaban J connectivity index is 1.66. The lowest BCUT2D eigenvalue weighted by Crippen LogP contribution is -2.23. The molecule has 1 N–H and O–H groups in total. The lowest BCUT2D eigenvalue weighted by atomic mass is 10.2. The topological polar surface area (TPSA) is 73.0 Å². The van der Waals surface area contributed by atoms with Gasteiger partial charge in [0.15, 0.2) is 11.5 Å². The molecule has 0 radical (unpaired) electrons. The quantitative estimate of drug-likeness (QED) is 0.785. The van der Waals surface area contributed by atoms with Gasteiger partial charge in [-0.3, -0.25) is 9.48 Å². The molecule has 0 bridgehead atoms. The molecule has 0 aliphatic rings. The van der Waals surface area contributed by atoms with E-state index >= 15 is 0 Å². The number of carbonyl (C=O) groups is 1.